The van der Waals surface area contributed by atoms with E-state index in [0.29, 0.717) is 5.41 Å². The molecule has 0 radical (unpaired) electrons. The van der Waals surface area contributed by atoms with E-state index < -0.39 is 0 Å². The van der Waals surface area contributed by atoms with Crippen LogP contribution in [0.1, 0.15) is 37.9 Å². The predicted molar refractivity (Wildman–Crippen MR) is 46.8 cm³/mol. The lowest BCUT2D eigenvalue weighted by Crippen LogP contribution is -2.15. The molecule has 1 aliphatic rings. The van der Waals surface area contributed by atoms with Gasteiger partial charge in [0.2, 0.25) is 0 Å². The molecule has 1 heterocycles. The van der Waals surface area contributed by atoms with Gasteiger partial charge in [-0.1, -0.05) is 13.8 Å². The lowest BCUT2D eigenvalue weighted by molar-refractivity contribution is 0.452. The highest BCUT2D eigenvalue weighted by Crippen LogP contribution is 2.40. The van der Waals surface area contributed by atoms with Gasteiger partial charge < -0.3 is 4.98 Å². The molecule has 1 aromatic rings. The van der Waals surface area contributed by atoms with Crippen LogP contribution in [0.5, 0.6) is 0 Å². The SMILES string of the molecule is CCC1(C)CCc2[nH]ccc21. The second-order valence-electron chi connectivity index (χ2n) is 3.78. The molecule has 0 saturated heterocycles. The van der Waals surface area contributed by atoms with Gasteiger partial charge in [0.05, 0.1) is 0 Å². The van der Waals surface area contributed by atoms with Crippen LogP contribution in [-0.4, -0.2) is 4.98 Å². The summed E-state index contributed by atoms with van der Waals surface area (Å²) in [6.45, 7) is 4.65. The second kappa shape index (κ2) is 2.13. The molecule has 0 spiro atoms. The summed E-state index contributed by atoms with van der Waals surface area (Å²) in [5.41, 5.74) is 3.49. The summed E-state index contributed by atoms with van der Waals surface area (Å²) in [6.07, 6.45) is 5.90. The molecule has 0 amide bonds. The Bertz CT molecular complexity index is 262. The number of nitrogens with one attached hydrogen (secondary N) is 1. The van der Waals surface area contributed by atoms with E-state index in [-0.39, 0.29) is 0 Å². The van der Waals surface area contributed by atoms with Crippen LogP contribution in [0, 0.1) is 0 Å². The topological polar surface area (TPSA) is 15.8 Å². The number of hydrogen-bond acceptors (Lipinski definition) is 0. The van der Waals surface area contributed by atoms with Gasteiger partial charge in [-0.05, 0) is 36.3 Å². The first kappa shape index (κ1) is 6.96. The Morgan fingerprint density at radius 2 is 2.45 bits per heavy atom. The largest absolute Gasteiger partial charge is 0.365 e. The molecule has 0 aliphatic heterocycles. The Hall–Kier alpha value is -0.720. The minimum Gasteiger partial charge on any atom is -0.365 e. The van der Waals surface area contributed by atoms with Gasteiger partial charge in [0, 0.05) is 11.9 Å². The highest BCUT2D eigenvalue weighted by atomic mass is 14.7. The van der Waals surface area contributed by atoms with E-state index >= 15 is 0 Å². The molecule has 11 heavy (non-hydrogen) atoms. The van der Waals surface area contributed by atoms with Crippen molar-refractivity contribution in [2.45, 2.75) is 38.5 Å². The van der Waals surface area contributed by atoms with Crippen molar-refractivity contribution in [2.24, 2.45) is 0 Å². The van der Waals surface area contributed by atoms with Crippen LogP contribution in [0.25, 0.3) is 0 Å². The number of aromatic amines is 1. The van der Waals surface area contributed by atoms with Gasteiger partial charge in [-0.15, -0.1) is 0 Å². The molecule has 0 aromatic carbocycles. The van der Waals surface area contributed by atoms with Crippen molar-refractivity contribution in [2.75, 3.05) is 0 Å². The summed E-state index contributed by atoms with van der Waals surface area (Å²) in [6, 6.07) is 2.24. The van der Waals surface area contributed by atoms with Gasteiger partial charge in [0.25, 0.3) is 0 Å². The molecular weight excluding hydrogens is 134 g/mol. The Labute approximate surface area is 67.8 Å². The fraction of sp³-hybridized carbons (Fsp3) is 0.600. The lowest BCUT2D eigenvalue weighted by Gasteiger charge is -2.21. The maximum absolute atomic E-state index is 3.31. The Kier molecular flexibility index (Phi) is 1.35. The van der Waals surface area contributed by atoms with Gasteiger partial charge >= 0.3 is 0 Å². The molecule has 0 saturated carbocycles. The van der Waals surface area contributed by atoms with Crippen LogP contribution < -0.4 is 0 Å². The van der Waals surface area contributed by atoms with Crippen molar-refractivity contribution >= 4 is 0 Å². The van der Waals surface area contributed by atoms with E-state index in [1.165, 1.54) is 25.0 Å². The summed E-state index contributed by atoms with van der Waals surface area (Å²) in [4.78, 5) is 3.31. The van der Waals surface area contributed by atoms with Crippen molar-refractivity contribution < 1.29 is 0 Å². The Balaban J connectivity index is 2.45. The van der Waals surface area contributed by atoms with Crippen LogP contribution in [-0.2, 0) is 11.8 Å². The van der Waals surface area contributed by atoms with E-state index in [1.807, 2.05) is 0 Å². The second-order valence-corrected chi connectivity index (χ2v) is 3.78. The molecule has 1 heteroatoms. The summed E-state index contributed by atoms with van der Waals surface area (Å²) >= 11 is 0. The number of H-pyrrole nitrogens is 1. The lowest BCUT2D eigenvalue weighted by atomic mass is 9.83. The molecule has 60 valence electrons. The predicted octanol–water partition coefficient (Wildman–Crippen LogP) is 2.63. The van der Waals surface area contributed by atoms with E-state index in [0.717, 1.165) is 0 Å². The molecule has 1 N–H and O–H groups in total. The van der Waals surface area contributed by atoms with Crippen LogP contribution in [0.3, 0.4) is 0 Å². The monoisotopic (exact) mass is 149 g/mol. The molecule has 2 rings (SSSR count). The van der Waals surface area contributed by atoms with Gasteiger partial charge in [-0.25, -0.2) is 0 Å². The maximum atomic E-state index is 3.31. The third-order valence-electron chi connectivity index (χ3n) is 3.19. The van der Waals surface area contributed by atoms with Gasteiger partial charge in [0.15, 0.2) is 0 Å². The zero-order valence-corrected chi connectivity index (χ0v) is 7.28. The van der Waals surface area contributed by atoms with Gasteiger partial charge in [-0.3, -0.25) is 0 Å². The molecule has 1 aliphatic carbocycles. The van der Waals surface area contributed by atoms with Gasteiger partial charge in [-0.2, -0.15) is 0 Å². The highest BCUT2D eigenvalue weighted by molar-refractivity contribution is 5.34. The first-order valence-electron chi connectivity index (χ1n) is 4.43. The smallest absolute Gasteiger partial charge is 0.0185 e. The van der Waals surface area contributed by atoms with E-state index in [4.69, 9.17) is 0 Å². The molecular formula is C10H15N. The molecule has 1 unspecified atom stereocenters. The summed E-state index contributed by atoms with van der Waals surface area (Å²) in [5, 5.41) is 0. The quantitative estimate of drug-likeness (QED) is 0.631. The number of aromatic nitrogens is 1. The number of aryl methyl sites for hydroxylation is 1. The summed E-state index contributed by atoms with van der Waals surface area (Å²) < 4.78 is 0. The van der Waals surface area contributed by atoms with Crippen molar-refractivity contribution in [3.63, 3.8) is 0 Å². The first-order chi connectivity index (χ1) is 5.26. The van der Waals surface area contributed by atoms with Crippen LogP contribution in [0.15, 0.2) is 12.3 Å². The van der Waals surface area contributed by atoms with E-state index in [9.17, 15) is 0 Å². The average Bonchev–Trinajstić information content (AvgIpc) is 2.55. The standard InChI is InChI=1S/C10H15N/c1-3-10(2)6-4-9-8(10)5-7-11-9/h5,7,11H,3-4,6H2,1-2H3. The zero-order chi connectivity index (χ0) is 7.90. The van der Waals surface area contributed by atoms with Crippen molar-refractivity contribution in [1.82, 2.24) is 4.98 Å². The highest BCUT2D eigenvalue weighted by Gasteiger charge is 2.32. The molecule has 1 nitrogen and oxygen atoms in total. The first-order valence-corrected chi connectivity index (χ1v) is 4.43. The normalized spacial score (nSPS) is 28.9. The van der Waals surface area contributed by atoms with E-state index in [2.05, 4.69) is 31.1 Å². The molecule has 1 aromatic heterocycles. The Morgan fingerprint density at radius 1 is 1.64 bits per heavy atom. The summed E-state index contributed by atoms with van der Waals surface area (Å²) in [7, 11) is 0. The minimum atomic E-state index is 0.468. The van der Waals surface area contributed by atoms with Crippen LogP contribution in [0.4, 0.5) is 0 Å². The third-order valence-corrected chi connectivity index (χ3v) is 3.19. The minimum absolute atomic E-state index is 0.468. The van der Waals surface area contributed by atoms with Crippen molar-refractivity contribution in [3.8, 4) is 0 Å². The van der Waals surface area contributed by atoms with Crippen LogP contribution in [0.2, 0.25) is 0 Å². The molecule has 0 fully saturated rings. The fourth-order valence-electron chi connectivity index (χ4n) is 2.08. The molecule has 1 atom stereocenters. The van der Waals surface area contributed by atoms with E-state index in [1.54, 1.807) is 5.56 Å². The Morgan fingerprint density at radius 3 is 3.18 bits per heavy atom. The van der Waals surface area contributed by atoms with Gasteiger partial charge in [0.1, 0.15) is 0 Å². The maximum Gasteiger partial charge on any atom is 0.0185 e. The average molecular weight is 149 g/mol. The zero-order valence-electron chi connectivity index (χ0n) is 7.28. The molecule has 0 bridgehead atoms. The fourth-order valence-corrected chi connectivity index (χ4v) is 2.08. The number of fused-ring (bicyclic) bond motifs is 1. The third kappa shape index (κ3) is 0.834. The number of hydrogen-bond donors (Lipinski definition) is 1. The summed E-state index contributed by atoms with van der Waals surface area (Å²) in [5.74, 6) is 0. The van der Waals surface area contributed by atoms with Crippen molar-refractivity contribution in [3.05, 3.63) is 23.5 Å². The number of rotatable bonds is 1. The van der Waals surface area contributed by atoms with Crippen LogP contribution >= 0.6 is 0 Å². The van der Waals surface area contributed by atoms with Crippen molar-refractivity contribution in [1.29, 1.82) is 0 Å².